The van der Waals surface area contributed by atoms with Gasteiger partial charge in [-0.15, -0.1) is 0 Å². The van der Waals surface area contributed by atoms with Crippen LogP contribution in [0.4, 0.5) is 27.8 Å². The number of nitrogens with two attached hydrogens (primary N) is 1. The molecule has 4 aromatic rings. The Morgan fingerprint density at radius 3 is 2.78 bits per heavy atom. The van der Waals surface area contributed by atoms with Gasteiger partial charge in [-0.1, -0.05) is 18.2 Å². The van der Waals surface area contributed by atoms with Crippen LogP contribution >= 0.6 is 0 Å². The second-order valence-electron chi connectivity index (χ2n) is 9.38. The summed E-state index contributed by atoms with van der Waals surface area (Å²) >= 11 is 0. The maximum atomic E-state index is 15.1. The number of aliphatic hydroxyl groups excluding tert-OH is 1. The first kappa shape index (κ1) is 23.0. The number of carbonyl (C=O) groups excluding carboxylic acids is 1. The first-order valence-corrected chi connectivity index (χ1v) is 12.1. The number of carbonyl (C=O) groups is 1. The number of rotatable bonds is 6. The smallest absolute Gasteiger partial charge is 0.261 e. The Morgan fingerprint density at radius 2 is 2.05 bits per heavy atom. The standard InChI is InChI=1S/C26H25FN8O2/c1-13-9-21(34-33-13)29-26-31-23(30-25(28)32-26)17-3-2-4-20(18(17)12-36)35-8-7-15-10-16(14-5-6-14)11-19(27)22(15)24(35)37/h2-4,9-11,14,36H,5-8,12H2,1H3,(H4,28,29,30,31,32,33,34). The maximum absolute atomic E-state index is 15.1. The molecule has 1 aliphatic heterocycles. The lowest BCUT2D eigenvalue weighted by Gasteiger charge is -2.31. The molecular formula is C26H25FN8O2. The average Bonchev–Trinajstić information content (AvgIpc) is 3.65. The minimum Gasteiger partial charge on any atom is -0.392 e. The quantitative estimate of drug-likeness (QED) is 0.314. The zero-order valence-corrected chi connectivity index (χ0v) is 20.1. The van der Waals surface area contributed by atoms with Crippen LogP contribution in [0.5, 0.6) is 0 Å². The third-order valence-electron chi connectivity index (χ3n) is 6.75. The molecule has 0 spiro atoms. The number of amides is 1. The van der Waals surface area contributed by atoms with Crippen LogP contribution in [0, 0.1) is 12.7 Å². The van der Waals surface area contributed by atoms with Crippen molar-refractivity contribution in [1.29, 1.82) is 0 Å². The van der Waals surface area contributed by atoms with Crippen molar-refractivity contribution in [3.8, 4) is 11.4 Å². The van der Waals surface area contributed by atoms with E-state index in [1.807, 2.05) is 13.0 Å². The Kier molecular flexibility index (Phi) is 5.56. The molecule has 0 bridgehead atoms. The van der Waals surface area contributed by atoms with Gasteiger partial charge in [-0.25, -0.2) is 4.39 Å². The van der Waals surface area contributed by atoms with Gasteiger partial charge in [0.1, 0.15) is 5.82 Å². The molecule has 0 unspecified atom stereocenters. The summed E-state index contributed by atoms with van der Waals surface area (Å²) in [5.74, 6) is 0.359. The molecular weight excluding hydrogens is 475 g/mol. The summed E-state index contributed by atoms with van der Waals surface area (Å²) in [4.78, 5) is 27.8. The largest absolute Gasteiger partial charge is 0.392 e. The summed E-state index contributed by atoms with van der Waals surface area (Å²) < 4.78 is 15.1. The van der Waals surface area contributed by atoms with E-state index in [0.717, 1.165) is 29.7 Å². The molecule has 1 fully saturated rings. The van der Waals surface area contributed by atoms with E-state index in [9.17, 15) is 9.90 Å². The lowest BCUT2D eigenvalue weighted by molar-refractivity contribution is 0.0976. The van der Waals surface area contributed by atoms with Crippen molar-refractivity contribution < 1.29 is 14.3 Å². The van der Waals surface area contributed by atoms with E-state index in [2.05, 4.69) is 30.5 Å². The summed E-state index contributed by atoms with van der Waals surface area (Å²) in [6.45, 7) is 1.83. The molecule has 1 aliphatic carbocycles. The molecule has 0 atom stereocenters. The molecule has 0 radical (unpaired) electrons. The minimum atomic E-state index is -0.495. The van der Waals surface area contributed by atoms with Gasteiger partial charge in [-0.05, 0) is 55.4 Å². The molecule has 2 aromatic carbocycles. The Balaban J connectivity index is 1.37. The highest BCUT2D eigenvalue weighted by atomic mass is 19.1. The highest BCUT2D eigenvalue weighted by molar-refractivity contribution is 6.09. The van der Waals surface area contributed by atoms with Gasteiger partial charge in [0, 0.05) is 29.4 Å². The van der Waals surface area contributed by atoms with Crippen LogP contribution in [0.1, 0.15) is 51.5 Å². The van der Waals surface area contributed by atoms with Crippen LogP contribution in [-0.2, 0) is 13.0 Å². The second-order valence-corrected chi connectivity index (χ2v) is 9.38. The summed E-state index contributed by atoms with van der Waals surface area (Å²) in [5.41, 5.74) is 10.00. The first-order valence-electron chi connectivity index (χ1n) is 12.1. The number of anilines is 4. The number of hydrogen-bond acceptors (Lipinski definition) is 8. The van der Waals surface area contributed by atoms with E-state index in [0.29, 0.717) is 41.5 Å². The fraction of sp³-hybridized carbons (Fsp3) is 0.269. The van der Waals surface area contributed by atoms with Crippen LogP contribution in [0.15, 0.2) is 36.4 Å². The fourth-order valence-corrected chi connectivity index (χ4v) is 4.84. The predicted octanol–water partition coefficient (Wildman–Crippen LogP) is 3.61. The van der Waals surface area contributed by atoms with E-state index in [-0.39, 0.29) is 23.3 Å². The molecule has 0 saturated heterocycles. The Bertz CT molecular complexity index is 1530. The lowest BCUT2D eigenvalue weighted by Crippen LogP contribution is -2.39. The zero-order valence-electron chi connectivity index (χ0n) is 20.1. The van der Waals surface area contributed by atoms with E-state index < -0.39 is 18.3 Å². The molecule has 2 aromatic heterocycles. The normalized spacial score (nSPS) is 15.1. The Labute approximate surface area is 211 Å². The van der Waals surface area contributed by atoms with Crippen molar-refractivity contribution in [1.82, 2.24) is 25.1 Å². The number of nitrogens with one attached hydrogen (secondary N) is 2. The van der Waals surface area contributed by atoms with E-state index >= 15 is 4.39 Å². The van der Waals surface area contributed by atoms with Gasteiger partial charge in [-0.3, -0.25) is 9.89 Å². The number of hydrogen-bond donors (Lipinski definition) is 4. The van der Waals surface area contributed by atoms with Crippen LogP contribution in [-0.4, -0.2) is 42.7 Å². The SMILES string of the molecule is Cc1cc(Nc2nc(N)nc(-c3cccc(N4CCc5cc(C6CC6)cc(F)c5C4=O)c3CO)n2)n[nH]1. The van der Waals surface area contributed by atoms with Crippen LogP contribution in [0.3, 0.4) is 0 Å². The Hall–Kier alpha value is -4.38. The number of aromatic amines is 1. The Morgan fingerprint density at radius 1 is 1.22 bits per heavy atom. The zero-order chi connectivity index (χ0) is 25.7. The van der Waals surface area contributed by atoms with Crippen LogP contribution in [0.25, 0.3) is 11.4 Å². The number of halogens is 1. The summed E-state index contributed by atoms with van der Waals surface area (Å²) in [6, 6.07) is 10.4. The van der Waals surface area contributed by atoms with Crippen LogP contribution in [0.2, 0.25) is 0 Å². The predicted molar refractivity (Wildman–Crippen MR) is 136 cm³/mol. The van der Waals surface area contributed by atoms with Crippen molar-refractivity contribution in [2.75, 3.05) is 22.5 Å². The van der Waals surface area contributed by atoms with E-state index in [1.54, 1.807) is 24.3 Å². The first-order chi connectivity index (χ1) is 17.9. The summed E-state index contributed by atoms with van der Waals surface area (Å²) in [7, 11) is 0. The molecule has 2 aliphatic rings. The molecule has 5 N–H and O–H groups in total. The highest BCUT2D eigenvalue weighted by Gasteiger charge is 2.33. The second kappa shape index (κ2) is 8.93. The third-order valence-corrected chi connectivity index (χ3v) is 6.75. The number of benzene rings is 2. The highest BCUT2D eigenvalue weighted by Crippen LogP contribution is 2.42. The molecule has 188 valence electrons. The van der Waals surface area contributed by atoms with Gasteiger partial charge in [0.2, 0.25) is 11.9 Å². The van der Waals surface area contributed by atoms with Gasteiger partial charge in [0.25, 0.3) is 5.91 Å². The fourth-order valence-electron chi connectivity index (χ4n) is 4.84. The summed E-state index contributed by atoms with van der Waals surface area (Å²) in [6.07, 6.45) is 2.64. The molecule has 1 amide bonds. The summed E-state index contributed by atoms with van der Waals surface area (Å²) in [5, 5.41) is 20.3. The number of aliphatic hydroxyl groups is 1. The van der Waals surface area contributed by atoms with Gasteiger partial charge in [0.15, 0.2) is 11.6 Å². The molecule has 11 heteroatoms. The molecule has 6 rings (SSSR count). The van der Waals surface area contributed by atoms with Crippen molar-refractivity contribution in [3.63, 3.8) is 0 Å². The van der Waals surface area contributed by atoms with Crippen LogP contribution < -0.4 is 16.0 Å². The lowest BCUT2D eigenvalue weighted by atomic mass is 9.93. The van der Waals surface area contributed by atoms with Crippen molar-refractivity contribution >= 4 is 29.3 Å². The van der Waals surface area contributed by atoms with Crippen molar-refractivity contribution in [2.45, 2.75) is 38.7 Å². The molecule has 10 nitrogen and oxygen atoms in total. The number of nitrogen functional groups attached to an aromatic ring is 1. The number of H-pyrrole nitrogens is 1. The average molecular weight is 501 g/mol. The van der Waals surface area contributed by atoms with Crippen molar-refractivity contribution in [3.05, 3.63) is 70.2 Å². The molecule has 1 saturated carbocycles. The van der Waals surface area contributed by atoms with Gasteiger partial charge >= 0.3 is 0 Å². The van der Waals surface area contributed by atoms with Gasteiger partial charge in [0.05, 0.1) is 17.9 Å². The number of aromatic nitrogens is 5. The van der Waals surface area contributed by atoms with Gasteiger partial charge < -0.3 is 21.1 Å². The number of fused-ring (bicyclic) bond motifs is 1. The van der Waals surface area contributed by atoms with Crippen molar-refractivity contribution in [2.24, 2.45) is 0 Å². The third kappa shape index (κ3) is 4.27. The van der Waals surface area contributed by atoms with E-state index in [4.69, 9.17) is 5.73 Å². The van der Waals surface area contributed by atoms with Gasteiger partial charge in [-0.2, -0.15) is 20.1 Å². The monoisotopic (exact) mass is 500 g/mol. The maximum Gasteiger partial charge on any atom is 0.261 e. The van der Waals surface area contributed by atoms with E-state index in [1.165, 1.54) is 11.0 Å². The topological polar surface area (TPSA) is 146 Å². The number of aryl methyl sites for hydroxylation is 1. The molecule has 3 heterocycles. The number of nitrogens with zero attached hydrogens (tertiary/aromatic N) is 5. The minimum absolute atomic E-state index is 0.0226. The molecule has 37 heavy (non-hydrogen) atoms.